The van der Waals surface area contributed by atoms with Crippen molar-refractivity contribution in [3.63, 3.8) is 0 Å². The predicted molar refractivity (Wildman–Crippen MR) is 96.1 cm³/mol. The molecule has 0 atom stereocenters. The quantitative estimate of drug-likeness (QED) is 0.744. The van der Waals surface area contributed by atoms with Gasteiger partial charge in [0.25, 0.3) is 0 Å². The lowest BCUT2D eigenvalue weighted by molar-refractivity contribution is 0.174. The zero-order chi connectivity index (χ0) is 16.6. The van der Waals surface area contributed by atoms with Crippen LogP contribution in [0.4, 0.5) is 11.8 Å². The van der Waals surface area contributed by atoms with Crippen LogP contribution in [0.25, 0.3) is 10.9 Å². The van der Waals surface area contributed by atoms with Crippen molar-refractivity contribution in [3.8, 4) is 11.5 Å². The minimum Gasteiger partial charge on any atom is -0.454 e. The van der Waals surface area contributed by atoms with Crippen LogP contribution in [0.1, 0.15) is 18.4 Å². The van der Waals surface area contributed by atoms with E-state index in [0.29, 0.717) is 18.5 Å². The van der Waals surface area contributed by atoms with E-state index in [1.807, 2.05) is 36.4 Å². The van der Waals surface area contributed by atoms with Crippen molar-refractivity contribution in [2.75, 3.05) is 17.4 Å². The SMILES string of the molecule is c1ccc2c(NC3CC3)nc(NCc3ccc4c(c3)OCO4)nc2c1. The Hall–Kier alpha value is -3.02. The van der Waals surface area contributed by atoms with E-state index in [0.717, 1.165) is 33.8 Å². The molecule has 3 aromatic rings. The van der Waals surface area contributed by atoms with Crippen LogP contribution in [-0.4, -0.2) is 22.8 Å². The maximum absolute atomic E-state index is 5.43. The third-order valence-corrected chi connectivity index (χ3v) is 4.41. The number of hydrogen-bond donors (Lipinski definition) is 2. The summed E-state index contributed by atoms with van der Waals surface area (Å²) in [5, 5.41) is 7.88. The first-order chi connectivity index (χ1) is 12.3. The Labute approximate surface area is 145 Å². The number of anilines is 2. The van der Waals surface area contributed by atoms with E-state index >= 15 is 0 Å². The molecule has 0 bridgehead atoms. The van der Waals surface area contributed by atoms with Crippen molar-refractivity contribution in [1.29, 1.82) is 0 Å². The molecule has 0 spiro atoms. The molecule has 1 fully saturated rings. The van der Waals surface area contributed by atoms with Crippen LogP contribution < -0.4 is 20.1 Å². The maximum Gasteiger partial charge on any atom is 0.231 e. The highest BCUT2D eigenvalue weighted by molar-refractivity contribution is 5.90. The average molecular weight is 334 g/mol. The van der Waals surface area contributed by atoms with Gasteiger partial charge < -0.3 is 20.1 Å². The Morgan fingerprint density at radius 2 is 1.88 bits per heavy atom. The summed E-state index contributed by atoms with van der Waals surface area (Å²) >= 11 is 0. The lowest BCUT2D eigenvalue weighted by Crippen LogP contribution is -2.09. The summed E-state index contributed by atoms with van der Waals surface area (Å²) < 4.78 is 10.8. The highest BCUT2D eigenvalue weighted by atomic mass is 16.7. The van der Waals surface area contributed by atoms with E-state index in [9.17, 15) is 0 Å². The average Bonchev–Trinajstić information content (AvgIpc) is 3.33. The topological polar surface area (TPSA) is 68.3 Å². The van der Waals surface area contributed by atoms with Gasteiger partial charge in [0.1, 0.15) is 5.82 Å². The largest absolute Gasteiger partial charge is 0.454 e. The molecule has 6 heteroatoms. The molecule has 6 nitrogen and oxygen atoms in total. The van der Waals surface area contributed by atoms with Gasteiger partial charge in [0.15, 0.2) is 11.5 Å². The second-order valence-electron chi connectivity index (χ2n) is 6.37. The van der Waals surface area contributed by atoms with E-state index in [4.69, 9.17) is 9.47 Å². The summed E-state index contributed by atoms with van der Waals surface area (Å²) in [7, 11) is 0. The van der Waals surface area contributed by atoms with Crippen LogP contribution >= 0.6 is 0 Å². The second kappa shape index (κ2) is 5.81. The van der Waals surface area contributed by atoms with Gasteiger partial charge in [-0.15, -0.1) is 0 Å². The molecule has 1 aliphatic carbocycles. The third-order valence-electron chi connectivity index (χ3n) is 4.41. The van der Waals surface area contributed by atoms with Gasteiger partial charge in [0, 0.05) is 18.0 Å². The van der Waals surface area contributed by atoms with Crippen LogP contribution in [0.15, 0.2) is 42.5 Å². The van der Waals surface area contributed by atoms with Crippen molar-refractivity contribution in [2.45, 2.75) is 25.4 Å². The molecule has 0 radical (unpaired) electrons. The fraction of sp³-hybridized carbons (Fsp3) is 0.263. The maximum atomic E-state index is 5.43. The minimum atomic E-state index is 0.288. The molecular weight excluding hydrogens is 316 g/mol. The number of hydrogen-bond acceptors (Lipinski definition) is 6. The fourth-order valence-corrected chi connectivity index (χ4v) is 2.92. The van der Waals surface area contributed by atoms with Gasteiger partial charge in [-0.2, -0.15) is 4.98 Å². The predicted octanol–water partition coefficient (Wildman–Crippen LogP) is 3.54. The number of para-hydroxylation sites is 1. The van der Waals surface area contributed by atoms with Gasteiger partial charge in [0.2, 0.25) is 12.7 Å². The number of nitrogens with zero attached hydrogens (tertiary/aromatic N) is 2. The molecule has 1 aromatic heterocycles. The standard InChI is InChI=1S/C19H18N4O2/c1-2-4-15-14(3-1)18(21-13-6-7-13)23-19(22-15)20-10-12-5-8-16-17(9-12)25-11-24-16/h1-5,8-9,13H,6-7,10-11H2,(H2,20,21,22,23). The first-order valence-electron chi connectivity index (χ1n) is 8.51. The van der Waals surface area contributed by atoms with Crippen LogP contribution in [0, 0.1) is 0 Å². The van der Waals surface area contributed by atoms with E-state index < -0.39 is 0 Å². The van der Waals surface area contributed by atoms with Crippen molar-refractivity contribution in [1.82, 2.24) is 9.97 Å². The Bertz CT molecular complexity index is 940. The molecule has 0 saturated heterocycles. The molecule has 0 amide bonds. The molecule has 2 N–H and O–H groups in total. The Kier molecular flexibility index (Phi) is 3.33. The van der Waals surface area contributed by atoms with Gasteiger partial charge in [-0.05, 0) is 42.7 Å². The Morgan fingerprint density at radius 1 is 1.00 bits per heavy atom. The van der Waals surface area contributed by atoms with Crippen LogP contribution in [-0.2, 0) is 6.54 Å². The van der Waals surface area contributed by atoms with Crippen LogP contribution in [0.5, 0.6) is 11.5 Å². The number of aromatic nitrogens is 2. The lowest BCUT2D eigenvalue weighted by Gasteiger charge is -2.11. The number of benzene rings is 2. The van der Waals surface area contributed by atoms with Crippen LogP contribution in [0.3, 0.4) is 0 Å². The molecule has 0 unspecified atom stereocenters. The highest BCUT2D eigenvalue weighted by Crippen LogP contribution is 2.33. The van der Waals surface area contributed by atoms with Crippen molar-refractivity contribution < 1.29 is 9.47 Å². The fourth-order valence-electron chi connectivity index (χ4n) is 2.92. The minimum absolute atomic E-state index is 0.288. The summed E-state index contributed by atoms with van der Waals surface area (Å²) in [6, 6.07) is 14.6. The Balaban J connectivity index is 1.40. The monoisotopic (exact) mass is 334 g/mol. The molecule has 25 heavy (non-hydrogen) atoms. The highest BCUT2D eigenvalue weighted by Gasteiger charge is 2.22. The van der Waals surface area contributed by atoms with Crippen molar-refractivity contribution in [3.05, 3.63) is 48.0 Å². The summed E-state index contributed by atoms with van der Waals surface area (Å²) in [5.41, 5.74) is 2.03. The van der Waals surface area contributed by atoms with Crippen molar-refractivity contribution >= 4 is 22.7 Å². The van der Waals surface area contributed by atoms with Gasteiger partial charge >= 0.3 is 0 Å². The molecule has 1 aliphatic heterocycles. The summed E-state index contributed by atoms with van der Waals surface area (Å²) in [4.78, 5) is 9.31. The number of nitrogens with one attached hydrogen (secondary N) is 2. The molecule has 126 valence electrons. The zero-order valence-electron chi connectivity index (χ0n) is 13.7. The van der Waals surface area contributed by atoms with E-state index in [2.05, 4.69) is 26.7 Å². The molecular formula is C19H18N4O2. The normalized spacial score (nSPS) is 15.4. The van der Waals surface area contributed by atoms with Crippen LogP contribution in [0.2, 0.25) is 0 Å². The zero-order valence-corrected chi connectivity index (χ0v) is 13.7. The Morgan fingerprint density at radius 3 is 2.80 bits per heavy atom. The van der Waals surface area contributed by atoms with Gasteiger partial charge in [-0.3, -0.25) is 0 Å². The molecule has 2 aliphatic rings. The van der Waals surface area contributed by atoms with E-state index in [1.165, 1.54) is 12.8 Å². The molecule has 5 rings (SSSR count). The van der Waals surface area contributed by atoms with Gasteiger partial charge in [-0.25, -0.2) is 4.98 Å². The van der Waals surface area contributed by atoms with Gasteiger partial charge in [0.05, 0.1) is 5.52 Å². The number of fused-ring (bicyclic) bond motifs is 2. The van der Waals surface area contributed by atoms with Crippen molar-refractivity contribution in [2.24, 2.45) is 0 Å². The molecule has 2 aromatic carbocycles. The van der Waals surface area contributed by atoms with Gasteiger partial charge in [-0.1, -0.05) is 18.2 Å². The lowest BCUT2D eigenvalue weighted by atomic mass is 10.2. The smallest absolute Gasteiger partial charge is 0.231 e. The molecule has 1 saturated carbocycles. The van der Waals surface area contributed by atoms with E-state index in [1.54, 1.807) is 0 Å². The van der Waals surface area contributed by atoms with E-state index in [-0.39, 0.29) is 6.79 Å². The summed E-state index contributed by atoms with van der Waals surface area (Å²) in [6.45, 7) is 0.911. The number of ether oxygens (including phenoxy) is 2. The number of rotatable bonds is 5. The first-order valence-corrected chi connectivity index (χ1v) is 8.51. The first kappa shape index (κ1) is 14.3. The second-order valence-corrected chi connectivity index (χ2v) is 6.37. The summed E-state index contributed by atoms with van der Waals surface area (Å²) in [6.07, 6.45) is 2.41. The molecule has 2 heterocycles. The third kappa shape index (κ3) is 2.91. The summed E-state index contributed by atoms with van der Waals surface area (Å²) in [5.74, 6) is 3.11.